The summed E-state index contributed by atoms with van der Waals surface area (Å²) in [4.78, 5) is 11.1. The summed E-state index contributed by atoms with van der Waals surface area (Å²) >= 11 is 0. The van der Waals surface area contributed by atoms with Crippen LogP contribution in [0.25, 0.3) is 0 Å². The number of aliphatic hydroxyl groups excluding tert-OH is 1. The molecule has 1 N–H and O–H groups in total. The Bertz CT molecular complexity index is 130. The predicted octanol–water partition coefficient (Wildman–Crippen LogP) is 1.62. The van der Waals surface area contributed by atoms with E-state index in [0.29, 0.717) is 6.42 Å². The van der Waals surface area contributed by atoms with Crippen molar-refractivity contribution in [1.29, 1.82) is 0 Å². The summed E-state index contributed by atoms with van der Waals surface area (Å²) in [5.41, 5.74) is 0. The highest BCUT2D eigenvalue weighted by Crippen LogP contribution is 2.14. The predicted molar refractivity (Wildman–Crippen MR) is 45.3 cm³/mol. The Hall–Kier alpha value is -0.370. The highest BCUT2D eigenvalue weighted by Gasteiger charge is 2.22. The van der Waals surface area contributed by atoms with Crippen LogP contribution >= 0.6 is 0 Å². The Morgan fingerprint density at radius 2 is 1.82 bits per heavy atom. The van der Waals surface area contributed by atoms with Gasteiger partial charge in [0.15, 0.2) is 0 Å². The first-order chi connectivity index (χ1) is 5.00. The number of Topliss-reactive ketones (excluding diaryl/α,β-unsaturated/α-hetero) is 1. The topological polar surface area (TPSA) is 37.3 Å². The number of aliphatic hydroxyl groups is 1. The molecule has 0 unspecified atom stereocenters. The number of hydrogen-bond acceptors (Lipinski definition) is 2. The molecule has 0 aromatic rings. The molecule has 0 fully saturated rings. The normalized spacial score (nSPS) is 16.5. The van der Waals surface area contributed by atoms with Crippen LogP contribution in [0.2, 0.25) is 0 Å². The van der Waals surface area contributed by atoms with E-state index < -0.39 is 6.10 Å². The van der Waals surface area contributed by atoms with Crippen molar-refractivity contribution in [3.05, 3.63) is 0 Å². The van der Waals surface area contributed by atoms with E-state index in [2.05, 4.69) is 0 Å². The summed E-state index contributed by atoms with van der Waals surface area (Å²) in [5.74, 6) is 0.103. The molecule has 0 saturated carbocycles. The van der Waals surface area contributed by atoms with Gasteiger partial charge < -0.3 is 5.11 Å². The molecule has 0 bridgehead atoms. The lowest BCUT2D eigenvalue weighted by molar-refractivity contribution is -0.126. The Balaban J connectivity index is 4.01. The van der Waals surface area contributed by atoms with E-state index >= 15 is 0 Å². The van der Waals surface area contributed by atoms with E-state index in [4.69, 9.17) is 0 Å². The largest absolute Gasteiger partial charge is 0.392 e. The Labute approximate surface area is 68.6 Å². The zero-order valence-corrected chi connectivity index (χ0v) is 7.79. The van der Waals surface area contributed by atoms with Gasteiger partial charge in [-0.15, -0.1) is 0 Å². The third-order valence-corrected chi connectivity index (χ3v) is 2.05. The Morgan fingerprint density at radius 1 is 1.36 bits per heavy atom. The second-order valence-corrected chi connectivity index (χ2v) is 3.34. The van der Waals surface area contributed by atoms with Crippen LogP contribution < -0.4 is 0 Å². The van der Waals surface area contributed by atoms with Crippen molar-refractivity contribution in [2.75, 3.05) is 0 Å². The van der Waals surface area contributed by atoms with Crippen molar-refractivity contribution in [2.24, 2.45) is 11.8 Å². The van der Waals surface area contributed by atoms with Crippen LogP contribution in [0, 0.1) is 11.8 Å². The molecule has 0 rings (SSSR count). The minimum atomic E-state index is -0.484. The summed E-state index contributed by atoms with van der Waals surface area (Å²) in [7, 11) is 0. The molecule has 0 spiro atoms. The van der Waals surface area contributed by atoms with E-state index in [1.54, 1.807) is 6.92 Å². The lowest BCUT2D eigenvalue weighted by Crippen LogP contribution is -2.29. The minimum absolute atomic E-state index is 0.145. The van der Waals surface area contributed by atoms with Crippen molar-refractivity contribution in [3.8, 4) is 0 Å². The summed E-state index contributed by atoms with van der Waals surface area (Å²) in [5, 5.41) is 9.48. The average molecular weight is 158 g/mol. The van der Waals surface area contributed by atoms with E-state index in [-0.39, 0.29) is 17.6 Å². The summed E-state index contributed by atoms with van der Waals surface area (Å²) in [6.45, 7) is 7.45. The SMILES string of the molecule is CCC(=O)[C@H](C)[C@@H](O)C(C)C. The molecule has 11 heavy (non-hydrogen) atoms. The lowest BCUT2D eigenvalue weighted by Gasteiger charge is -2.20. The highest BCUT2D eigenvalue weighted by atomic mass is 16.3. The van der Waals surface area contributed by atoms with Crippen LogP contribution in [0.1, 0.15) is 34.1 Å². The van der Waals surface area contributed by atoms with Gasteiger partial charge in [0.05, 0.1) is 6.10 Å². The zero-order chi connectivity index (χ0) is 9.02. The van der Waals surface area contributed by atoms with E-state index in [1.165, 1.54) is 0 Å². The zero-order valence-electron chi connectivity index (χ0n) is 7.79. The first kappa shape index (κ1) is 10.6. The van der Waals surface area contributed by atoms with Gasteiger partial charge >= 0.3 is 0 Å². The van der Waals surface area contributed by atoms with Gasteiger partial charge in [0.1, 0.15) is 5.78 Å². The number of carbonyl (C=O) groups excluding carboxylic acids is 1. The number of hydrogen-bond donors (Lipinski definition) is 1. The molecule has 0 amide bonds. The maximum atomic E-state index is 11.1. The lowest BCUT2D eigenvalue weighted by atomic mass is 9.90. The highest BCUT2D eigenvalue weighted by molar-refractivity contribution is 5.80. The van der Waals surface area contributed by atoms with Crippen LogP contribution in [0.5, 0.6) is 0 Å². The van der Waals surface area contributed by atoms with Crippen LogP contribution in [-0.4, -0.2) is 17.0 Å². The fraction of sp³-hybridized carbons (Fsp3) is 0.889. The molecule has 0 saturated heterocycles. The standard InChI is InChI=1S/C9H18O2/c1-5-8(10)7(4)9(11)6(2)3/h6-7,9,11H,5H2,1-4H3/t7-,9-/m0/s1. The van der Waals surface area contributed by atoms with Crippen molar-refractivity contribution in [3.63, 3.8) is 0 Å². The van der Waals surface area contributed by atoms with Crippen LogP contribution in [0.3, 0.4) is 0 Å². The average Bonchev–Trinajstić information content (AvgIpc) is 2.00. The fourth-order valence-corrected chi connectivity index (χ4v) is 1.09. The van der Waals surface area contributed by atoms with E-state index in [0.717, 1.165) is 0 Å². The van der Waals surface area contributed by atoms with Gasteiger partial charge in [-0.2, -0.15) is 0 Å². The smallest absolute Gasteiger partial charge is 0.138 e. The molecular formula is C9H18O2. The van der Waals surface area contributed by atoms with Gasteiger partial charge in [0, 0.05) is 12.3 Å². The molecule has 2 heteroatoms. The molecule has 0 radical (unpaired) electrons. The van der Waals surface area contributed by atoms with Gasteiger partial charge in [-0.3, -0.25) is 4.79 Å². The van der Waals surface area contributed by atoms with Crippen LogP contribution in [-0.2, 0) is 4.79 Å². The number of ketones is 1. The first-order valence-corrected chi connectivity index (χ1v) is 4.21. The summed E-state index contributed by atoms with van der Waals surface area (Å²) in [6, 6.07) is 0. The maximum Gasteiger partial charge on any atom is 0.138 e. The molecule has 0 heterocycles. The monoisotopic (exact) mass is 158 g/mol. The van der Waals surface area contributed by atoms with Crippen molar-refractivity contribution in [1.82, 2.24) is 0 Å². The molecule has 2 atom stereocenters. The molecule has 0 aromatic heterocycles. The maximum absolute atomic E-state index is 11.1. The molecule has 0 aliphatic rings. The van der Waals surface area contributed by atoms with Crippen LogP contribution in [0.15, 0.2) is 0 Å². The van der Waals surface area contributed by atoms with Crippen molar-refractivity contribution in [2.45, 2.75) is 40.2 Å². The molecule has 0 aliphatic heterocycles. The van der Waals surface area contributed by atoms with Crippen molar-refractivity contribution >= 4 is 5.78 Å². The van der Waals surface area contributed by atoms with Gasteiger partial charge in [-0.1, -0.05) is 27.7 Å². The van der Waals surface area contributed by atoms with Gasteiger partial charge in [0.25, 0.3) is 0 Å². The Morgan fingerprint density at radius 3 is 2.09 bits per heavy atom. The molecule has 66 valence electrons. The summed E-state index contributed by atoms with van der Waals surface area (Å²) in [6.07, 6.45) is 0.0350. The molecule has 2 nitrogen and oxygen atoms in total. The third kappa shape index (κ3) is 3.02. The van der Waals surface area contributed by atoms with Gasteiger partial charge in [-0.05, 0) is 5.92 Å². The van der Waals surface area contributed by atoms with Crippen LogP contribution in [0.4, 0.5) is 0 Å². The van der Waals surface area contributed by atoms with Gasteiger partial charge in [0.2, 0.25) is 0 Å². The van der Waals surface area contributed by atoms with E-state index in [9.17, 15) is 9.90 Å². The van der Waals surface area contributed by atoms with Gasteiger partial charge in [-0.25, -0.2) is 0 Å². The fourth-order valence-electron chi connectivity index (χ4n) is 1.09. The molecular weight excluding hydrogens is 140 g/mol. The first-order valence-electron chi connectivity index (χ1n) is 4.21. The summed E-state index contributed by atoms with van der Waals surface area (Å²) < 4.78 is 0. The van der Waals surface area contributed by atoms with E-state index in [1.807, 2.05) is 20.8 Å². The van der Waals surface area contributed by atoms with Crippen molar-refractivity contribution < 1.29 is 9.90 Å². The second kappa shape index (κ2) is 4.50. The second-order valence-electron chi connectivity index (χ2n) is 3.34. The quantitative estimate of drug-likeness (QED) is 0.675. The molecule has 0 aromatic carbocycles. The molecule has 0 aliphatic carbocycles. The Kier molecular flexibility index (Phi) is 4.34. The third-order valence-electron chi connectivity index (χ3n) is 2.05. The minimum Gasteiger partial charge on any atom is -0.392 e. The number of rotatable bonds is 4. The number of carbonyl (C=O) groups is 1.